The van der Waals surface area contributed by atoms with E-state index in [9.17, 15) is 4.79 Å². The fourth-order valence-corrected chi connectivity index (χ4v) is 3.51. The monoisotopic (exact) mass is 422 g/mol. The maximum Gasteiger partial charge on any atom is 0.248 e. The lowest BCUT2D eigenvalue weighted by Gasteiger charge is -2.26. The number of amides is 1. The Labute approximate surface area is 178 Å². The molecule has 1 aromatic heterocycles. The Kier molecular flexibility index (Phi) is 5.46. The smallest absolute Gasteiger partial charge is 0.248 e. The van der Waals surface area contributed by atoms with Gasteiger partial charge in [-0.05, 0) is 22.9 Å². The third kappa shape index (κ3) is 4.65. The number of ether oxygens (including phenoxy) is 3. The van der Waals surface area contributed by atoms with Crippen LogP contribution in [0.5, 0.6) is 11.5 Å². The van der Waals surface area contributed by atoms with Crippen molar-refractivity contribution in [2.75, 3.05) is 38.4 Å². The Morgan fingerprint density at radius 3 is 2.68 bits per heavy atom. The number of aromatic nitrogens is 4. The number of nitrogens with zero attached hydrogens (tertiary/aromatic N) is 5. The molecule has 0 aliphatic carbocycles. The quantitative estimate of drug-likeness (QED) is 0.638. The van der Waals surface area contributed by atoms with Crippen LogP contribution in [0.15, 0.2) is 42.5 Å². The van der Waals surface area contributed by atoms with Gasteiger partial charge in [-0.1, -0.05) is 24.3 Å². The summed E-state index contributed by atoms with van der Waals surface area (Å²) in [6, 6.07) is 13.3. The van der Waals surface area contributed by atoms with Crippen LogP contribution >= 0.6 is 0 Å². The molecule has 10 nitrogen and oxygen atoms in total. The Balaban J connectivity index is 1.18. The fraction of sp³-hybridized carbons (Fsp3) is 0.333. The zero-order valence-electron chi connectivity index (χ0n) is 16.9. The maximum absolute atomic E-state index is 12.3. The molecule has 1 fully saturated rings. The molecule has 0 atom stereocenters. The van der Waals surface area contributed by atoms with Gasteiger partial charge in [0.25, 0.3) is 0 Å². The summed E-state index contributed by atoms with van der Waals surface area (Å²) in [5, 5.41) is 15.2. The van der Waals surface area contributed by atoms with Crippen LogP contribution in [0.4, 0.5) is 5.69 Å². The molecule has 1 saturated heterocycles. The van der Waals surface area contributed by atoms with Gasteiger partial charge in [0.05, 0.1) is 13.2 Å². The summed E-state index contributed by atoms with van der Waals surface area (Å²) in [5.41, 5.74) is 2.69. The van der Waals surface area contributed by atoms with Crippen molar-refractivity contribution in [3.8, 4) is 22.9 Å². The molecule has 5 rings (SSSR count). The number of fused-ring (bicyclic) bond motifs is 1. The average Bonchev–Trinajstić information content (AvgIpc) is 3.44. The van der Waals surface area contributed by atoms with Gasteiger partial charge in [0.2, 0.25) is 18.5 Å². The van der Waals surface area contributed by atoms with E-state index in [0.717, 1.165) is 38.4 Å². The zero-order chi connectivity index (χ0) is 21.0. The molecule has 1 amide bonds. The van der Waals surface area contributed by atoms with Gasteiger partial charge in [-0.15, -0.1) is 10.2 Å². The van der Waals surface area contributed by atoms with E-state index in [1.807, 2.05) is 12.1 Å². The molecule has 2 aromatic carbocycles. The minimum Gasteiger partial charge on any atom is -0.454 e. The standard InChI is InChI=1S/C21H22N6O4/c28-20(22-17-5-6-18-19(11-17)31-14-30-18)13-27-24-21(23-25-27)16-3-1-15(2-4-16)12-26-7-9-29-10-8-26/h1-6,11H,7-10,12-14H2,(H,22,28). The number of benzene rings is 2. The lowest BCUT2D eigenvalue weighted by Crippen LogP contribution is -2.35. The Hall–Kier alpha value is -3.50. The molecular weight excluding hydrogens is 400 g/mol. The van der Waals surface area contributed by atoms with Crippen LogP contribution in [0.3, 0.4) is 0 Å². The first-order chi connectivity index (χ1) is 15.2. The first-order valence-corrected chi connectivity index (χ1v) is 10.1. The third-order valence-electron chi connectivity index (χ3n) is 5.12. The molecule has 0 saturated carbocycles. The van der Waals surface area contributed by atoms with Gasteiger partial charge in [-0.25, -0.2) is 0 Å². The molecule has 0 bridgehead atoms. The van der Waals surface area contributed by atoms with E-state index in [1.165, 1.54) is 10.4 Å². The molecule has 10 heteroatoms. The second kappa shape index (κ2) is 8.70. The number of carbonyl (C=O) groups is 1. The first-order valence-electron chi connectivity index (χ1n) is 10.1. The van der Waals surface area contributed by atoms with Gasteiger partial charge in [0.1, 0.15) is 6.54 Å². The van der Waals surface area contributed by atoms with Crippen LogP contribution in [-0.4, -0.2) is 64.1 Å². The van der Waals surface area contributed by atoms with E-state index in [4.69, 9.17) is 14.2 Å². The van der Waals surface area contributed by atoms with E-state index < -0.39 is 0 Å². The molecule has 0 radical (unpaired) electrons. The number of carbonyl (C=O) groups excluding carboxylic acids is 1. The third-order valence-corrected chi connectivity index (χ3v) is 5.12. The maximum atomic E-state index is 12.3. The number of morpholine rings is 1. The largest absolute Gasteiger partial charge is 0.454 e. The van der Waals surface area contributed by atoms with Crippen LogP contribution in [-0.2, 0) is 22.6 Å². The molecule has 3 aromatic rings. The van der Waals surface area contributed by atoms with Crippen molar-refractivity contribution in [3.05, 3.63) is 48.0 Å². The molecule has 2 aliphatic rings. The number of hydrogen-bond donors (Lipinski definition) is 1. The van der Waals surface area contributed by atoms with Gasteiger partial charge < -0.3 is 19.5 Å². The fourth-order valence-electron chi connectivity index (χ4n) is 3.51. The van der Waals surface area contributed by atoms with Crippen molar-refractivity contribution in [2.45, 2.75) is 13.1 Å². The number of anilines is 1. The molecule has 160 valence electrons. The van der Waals surface area contributed by atoms with Crippen LogP contribution in [0.25, 0.3) is 11.4 Å². The van der Waals surface area contributed by atoms with Crippen molar-refractivity contribution in [1.82, 2.24) is 25.1 Å². The minimum absolute atomic E-state index is 0.0451. The summed E-state index contributed by atoms with van der Waals surface area (Å²) >= 11 is 0. The second-order valence-electron chi connectivity index (χ2n) is 7.35. The Morgan fingerprint density at radius 2 is 1.84 bits per heavy atom. The van der Waals surface area contributed by atoms with Crippen LogP contribution < -0.4 is 14.8 Å². The normalized spacial score (nSPS) is 15.7. The van der Waals surface area contributed by atoms with E-state index in [2.05, 4.69) is 37.8 Å². The van der Waals surface area contributed by atoms with E-state index in [-0.39, 0.29) is 19.2 Å². The number of nitrogens with one attached hydrogen (secondary N) is 1. The first kappa shape index (κ1) is 19.5. The van der Waals surface area contributed by atoms with Crippen molar-refractivity contribution in [2.24, 2.45) is 0 Å². The van der Waals surface area contributed by atoms with Gasteiger partial charge in [0.15, 0.2) is 11.5 Å². The second-order valence-corrected chi connectivity index (χ2v) is 7.35. The molecular formula is C21H22N6O4. The van der Waals surface area contributed by atoms with E-state index >= 15 is 0 Å². The number of tetrazole rings is 1. The summed E-state index contributed by atoms with van der Waals surface area (Å²) in [6.07, 6.45) is 0. The summed E-state index contributed by atoms with van der Waals surface area (Å²) in [6.45, 7) is 4.51. The average molecular weight is 422 g/mol. The molecule has 0 spiro atoms. The van der Waals surface area contributed by atoms with E-state index in [0.29, 0.717) is 23.0 Å². The highest BCUT2D eigenvalue weighted by molar-refractivity contribution is 5.90. The number of rotatable bonds is 6. The molecule has 0 unspecified atom stereocenters. The topological polar surface area (TPSA) is 104 Å². The lowest BCUT2D eigenvalue weighted by atomic mass is 10.1. The van der Waals surface area contributed by atoms with Gasteiger partial charge in [0, 0.05) is 37.0 Å². The van der Waals surface area contributed by atoms with Crippen molar-refractivity contribution < 1.29 is 19.0 Å². The predicted molar refractivity (Wildman–Crippen MR) is 111 cm³/mol. The minimum atomic E-state index is -0.260. The summed E-state index contributed by atoms with van der Waals surface area (Å²) in [7, 11) is 0. The summed E-state index contributed by atoms with van der Waals surface area (Å²) in [5.74, 6) is 1.49. The Morgan fingerprint density at radius 1 is 1.03 bits per heavy atom. The number of hydrogen-bond acceptors (Lipinski definition) is 8. The highest BCUT2D eigenvalue weighted by atomic mass is 16.7. The van der Waals surface area contributed by atoms with E-state index in [1.54, 1.807) is 18.2 Å². The highest BCUT2D eigenvalue weighted by Crippen LogP contribution is 2.34. The van der Waals surface area contributed by atoms with Gasteiger partial charge in [-0.3, -0.25) is 9.69 Å². The SMILES string of the molecule is O=C(Cn1nnc(-c2ccc(CN3CCOCC3)cc2)n1)Nc1ccc2c(c1)OCO2. The van der Waals surface area contributed by atoms with Crippen molar-refractivity contribution in [3.63, 3.8) is 0 Å². The summed E-state index contributed by atoms with van der Waals surface area (Å²) in [4.78, 5) is 16.0. The van der Waals surface area contributed by atoms with Crippen LogP contribution in [0.2, 0.25) is 0 Å². The predicted octanol–water partition coefficient (Wildman–Crippen LogP) is 1.54. The highest BCUT2D eigenvalue weighted by Gasteiger charge is 2.15. The summed E-state index contributed by atoms with van der Waals surface area (Å²) < 4.78 is 16.0. The van der Waals surface area contributed by atoms with Gasteiger partial charge in [-0.2, -0.15) is 4.80 Å². The molecule has 2 aliphatic heterocycles. The Bertz CT molecular complexity index is 1060. The molecule has 3 heterocycles. The van der Waals surface area contributed by atoms with Gasteiger partial charge >= 0.3 is 0 Å². The molecule has 1 N–H and O–H groups in total. The van der Waals surface area contributed by atoms with Crippen LogP contribution in [0.1, 0.15) is 5.56 Å². The lowest BCUT2D eigenvalue weighted by molar-refractivity contribution is -0.117. The van der Waals surface area contributed by atoms with Crippen molar-refractivity contribution in [1.29, 1.82) is 0 Å². The molecule has 31 heavy (non-hydrogen) atoms. The van der Waals surface area contributed by atoms with Crippen LogP contribution in [0, 0.1) is 0 Å². The van der Waals surface area contributed by atoms with Crippen molar-refractivity contribution >= 4 is 11.6 Å². The zero-order valence-corrected chi connectivity index (χ0v) is 16.9.